The SMILES string of the molecule is O=C(O)CC(O)(C(=O)O)C(C(=O)O)[C@@]1(OC2(CO)O[C@H](CO)[C@@H](O)[C@@H]2O)O[C@H](CO)[C@@H](O)[C@H](O)[C@H]1O. The topological polar surface area (TPSA) is 322 Å². The van der Waals surface area contributed by atoms with Crippen molar-refractivity contribution in [3.63, 3.8) is 0 Å². The van der Waals surface area contributed by atoms with E-state index in [1.54, 1.807) is 0 Å². The van der Waals surface area contributed by atoms with Crippen molar-refractivity contribution in [1.82, 2.24) is 0 Å². The molecule has 2 aliphatic rings. The Bertz CT molecular complexity index is 835. The monoisotopic (exact) mass is 532 g/mol. The van der Waals surface area contributed by atoms with Gasteiger partial charge in [-0.05, 0) is 0 Å². The van der Waals surface area contributed by atoms with Crippen LogP contribution in [0.25, 0.3) is 0 Å². The van der Waals surface area contributed by atoms with Gasteiger partial charge in [-0.25, -0.2) is 4.79 Å². The van der Waals surface area contributed by atoms with Crippen molar-refractivity contribution >= 4 is 17.9 Å². The Morgan fingerprint density at radius 3 is 1.75 bits per heavy atom. The summed E-state index contributed by atoms with van der Waals surface area (Å²) in [6.07, 6.45) is -17.8. The minimum atomic E-state index is -3.92. The molecule has 11 atom stereocenters. The maximum Gasteiger partial charge on any atom is 0.337 e. The summed E-state index contributed by atoms with van der Waals surface area (Å²) in [6.45, 7) is -3.82. The van der Waals surface area contributed by atoms with E-state index in [0.717, 1.165) is 0 Å². The van der Waals surface area contributed by atoms with Gasteiger partial charge in [-0.15, -0.1) is 0 Å². The van der Waals surface area contributed by atoms with E-state index in [4.69, 9.17) is 19.3 Å². The van der Waals surface area contributed by atoms with Gasteiger partial charge in [0.05, 0.1) is 19.6 Å². The van der Waals surface area contributed by atoms with Gasteiger partial charge in [0.2, 0.25) is 11.6 Å². The predicted octanol–water partition coefficient (Wildman–Crippen LogP) is -7.03. The van der Waals surface area contributed by atoms with Crippen LogP contribution in [0.1, 0.15) is 6.42 Å². The molecule has 2 fully saturated rings. The molecule has 0 aliphatic carbocycles. The molecule has 0 aromatic carbocycles. The third kappa shape index (κ3) is 4.78. The van der Waals surface area contributed by atoms with Crippen LogP contribution in [0.3, 0.4) is 0 Å². The highest BCUT2D eigenvalue weighted by atomic mass is 16.8. The molecule has 2 saturated heterocycles. The van der Waals surface area contributed by atoms with Crippen molar-refractivity contribution in [3.8, 4) is 0 Å². The Hall–Kier alpha value is -2.07. The Morgan fingerprint density at radius 1 is 0.833 bits per heavy atom. The van der Waals surface area contributed by atoms with Crippen molar-refractivity contribution in [2.75, 3.05) is 19.8 Å². The zero-order valence-electron chi connectivity index (χ0n) is 18.3. The van der Waals surface area contributed by atoms with Crippen LogP contribution in [-0.4, -0.2) is 159 Å². The quantitative estimate of drug-likeness (QED) is 0.117. The van der Waals surface area contributed by atoms with Gasteiger partial charge < -0.3 is 75.5 Å². The van der Waals surface area contributed by atoms with Crippen LogP contribution < -0.4 is 0 Å². The van der Waals surface area contributed by atoms with Crippen molar-refractivity contribution in [1.29, 1.82) is 0 Å². The first-order chi connectivity index (χ1) is 16.6. The maximum atomic E-state index is 12.3. The maximum absolute atomic E-state index is 12.3. The highest BCUT2D eigenvalue weighted by Crippen LogP contribution is 2.48. The summed E-state index contributed by atoms with van der Waals surface area (Å²) in [5, 5.41) is 120. The minimum Gasteiger partial charge on any atom is -0.481 e. The Labute approximate surface area is 200 Å². The Balaban J connectivity index is 2.86. The van der Waals surface area contributed by atoms with Crippen molar-refractivity contribution < 1.29 is 89.9 Å². The van der Waals surface area contributed by atoms with Crippen molar-refractivity contribution in [3.05, 3.63) is 0 Å². The van der Waals surface area contributed by atoms with Crippen LogP contribution in [0.15, 0.2) is 0 Å². The second-order valence-electron chi connectivity index (χ2n) is 8.40. The fraction of sp³-hybridized carbons (Fsp3) is 0.833. The van der Waals surface area contributed by atoms with E-state index in [0.29, 0.717) is 0 Å². The molecule has 18 nitrogen and oxygen atoms in total. The van der Waals surface area contributed by atoms with Gasteiger partial charge in [0.25, 0.3) is 0 Å². The molecule has 0 bridgehead atoms. The number of aliphatic hydroxyl groups excluding tert-OH is 8. The molecule has 0 aromatic heterocycles. The number of ether oxygens (including phenoxy) is 3. The van der Waals surface area contributed by atoms with Gasteiger partial charge >= 0.3 is 17.9 Å². The van der Waals surface area contributed by atoms with E-state index < -0.39 is 110 Å². The molecule has 3 unspecified atom stereocenters. The van der Waals surface area contributed by atoms with Crippen molar-refractivity contribution in [2.45, 2.75) is 66.3 Å². The highest BCUT2D eigenvalue weighted by Gasteiger charge is 2.72. The molecule has 18 heteroatoms. The van der Waals surface area contributed by atoms with Crippen molar-refractivity contribution in [2.24, 2.45) is 5.92 Å². The number of carboxylic acids is 3. The summed E-state index contributed by atoms with van der Waals surface area (Å²) in [6, 6.07) is 0. The first-order valence-corrected chi connectivity index (χ1v) is 10.3. The summed E-state index contributed by atoms with van der Waals surface area (Å²) >= 11 is 0. The van der Waals surface area contributed by atoms with Gasteiger partial charge in [-0.2, -0.15) is 0 Å². The molecule has 0 saturated carbocycles. The van der Waals surface area contributed by atoms with Crippen LogP contribution >= 0.6 is 0 Å². The second kappa shape index (κ2) is 10.7. The molecule has 0 spiro atoms. The molecular weight excluding hydrogens is 504 g/mol. The fourth-order valence-electron chi connectivity index (χ4n) is 4.31. The Morgan fingerprint density at radius 2 is 1.36 bits per heavy atom. The molecule has 0 amide bonds. The van der Waals surface area contributed by atoms with E-state index in [-0.39, 0.29) is 0 Å². The van der Waals surface area contributed by atoms with Gasteiger partial charge in [0, 0.05) is 0 Å². The van der Waals surface area contributed by atoms with E-state index in [1.165, 1.54) is 0 Å². The normalized spacial score (nSPS) is 41.4. The van der Waals surface area contributed by atoms with E-state index in [2.05, 4.69) is 0 Å². The first-order valence-electron chi connectivity index (χ1n) is 10.3. The lowest BCUT2D eigenvalue weighted by atomic mass is 9.73. The van der Waals surface area contributed by atoms with Gasteiger partial charge in [0.1, 0.15) is 49.3 Å². The Kier molecular flexibility index (Phi) is 8.99. The van der Waals surface area contributed by atoms with Crippen LogP contribution in [0, 0.1) is 5.92 Å². The predicted molar refractivity (Wildman–Crippen MR) is 104 cm³/mol. The average molecular weight is 532 g/mol. The third-order valence-electron chi connectivity index (χ3n) is 6.14. The van der Waals surface area contributed by atoms with Crippen LogP contribution in [0.2, 0.25) is 0 Å². The fourth-order valence-corrected chi connectivity index (χ4v) is 4.31. The smallest absolute Gasteiger partial charge is 0.337 e. The molecule has 12 N–H and O–H groups in total. The van der Waals surface area contributed by atoms with Crippen LogP contribution in [0.4, 0.5) is 0 Å². The molecule has 0 radical (unpaired) electrons. The molecule has 2 aliphatic heterocycles. The molecule has 36 heavy (non-hydrogen) atoms. The van der Waals surface area contributed by atoms with Gasteiger partial charge in [-0.3, -0.25) is 9.59 Å². The molecule has 0 aromatic rings. The second-order valence-corrected chi connectivity index (χ2v) is 8.40. The van der Waals surface area contributed by atoms with Crippen LogP contribution in [0.5, 0.6) is 0 Å². The van der Waals surface area contributed by atoms with E-state index in [1.807, 2.05) is 0 Å². The lowest BCUT2D eigenvalue weighted by molar-refractivity contribution is -0.451. The summed E-state index contributed by atoms with van der Waals surface area (Å²) in [4.78, 5) is 35.6. The number of carboxylic acid groups (broad SMARTS) is 3. The molecular formula is C18H28O18. The largest absolute Gasteiger partial charge is 0.481 e. The standard InChI is InChI=1S/C18H28O18/c19-2-5-8(24)10(26)13(28)18(35-5,11(14(29)30)16(33,15(31)32)1-7(22)23)36-17(4-21)12(27)9(25)6(3-20)34-17/h5-6,8-13,19-21,24-28,33H,1-4H2,(H,22,23)(H,29,30)(H,31,32)/t5-,6-,8-,9-,10+,11?,12+,13-,16?,17?,18+/m1/s1. The number of carbonyl (C=O) groups is 3. The summed E-state index contributed by atoms with van der Waals surface area (Å²) in [7, 11) is 0. The van der Waals surface area contributed by atoms with Gasteiger partial charge in [0.15, 0.2) is 11.5 Å². The lowest BCUT2D eigenvalue weighted by Gasteiger charge is -2.54. The van der Waals surface area contributed by atoms with Crippen LogP contribution in [-0.2, 0) is 28.6 Å². The average Bonchev–Trinajstić information content (AvgIpc) is 3.04. The first kappa shape index (κ1) is 30.2. The van der Waals surface area contributed by atoms with E-state index in [9.17, 15) is 70.6 Å². The number of rotatable bonds is 11. The molecule has 2 heterocycles. The van der Waals surface area contributed by atoms with E-state index >= 15 is 0 Å². The summed E-state index contributed by atoms with van der Waals surface area (Å²) in [5.41, 5.74) is -3.92. The number of hydrogen-bond donors (Lipinski definition) is 12. The molecule has 208 valence electrons. The lowest BCUT2D eigenvalue weighted by Crippen LogP contribution is -2.76. The number of hydrogen-bond acceptors (Lipinski definition) is 15. The summed E-state index contributed by atoms with van der Waals surface area (Å²) in [5.74, 6) is -17.0. The number of aliphatic carboxylic acids is 3. The minimum absolute atomic E-state index is 1.03. The number of aliphatic hydroxyl groups is 9. The zero-order valence-corrected chi connectivity index (χ0v) is 18.3. The third-order valence-corrected chi connectivity index (χ3v) is 6.14. The molecule has 2 rings (SSSR count). The summed E-state index contributed by atoms with van der Waals surface area (Å²) < 4.78 is 15.6. The van der Waals surface area contributed by atoms with Gasteiger partial charge in [-0.1, -0.05) is 0 Å². The zero-order chi connectivity index (χ0) is 27.8. The highest BCUT2D eigenvalue weighted by molar-refractivity contribution is 5.90.